The molecule has 1 aromatic heterocycles. The molecule has 3 fully saturated rings. The second kappa shape index (κ2) is 9.81. The van der Waals surface area contributed by atoms with E-state index >= 15 is 0 Å². The third kappa shape index (κ3) is 5.33. The number of imidazole rings is 1. The molecule has 1 aromatic rings. The van der Waals surface area contributed by atoms with E-state index in [0.29, 0.717) is 31.2 Å². The first-order valence-electron chi connectivity index (χ1n) is 11.6. The molecule has 0 aromatic carbocycles. The minimum Gasteiger partial charge on any atom is -0.450 e. The van der Waals surface area contributed by atoms with E-state index in [2.05, 4.69) is 15.2 Å². The van der Waals surface area contributed by atoms with Crippen LogP contribution in [0.5, 0.6) is 0 Å². The molecular weight excluding hydrogens is 382 g/mol. The number of aromatic nitrogens is 2. The number of rotatable bonds is 6. The van der Waals surface area contributed by atoms with Gasteiger partial charge in [0.05, 0.1) is 6.61 Å². The van der Waals surface area contributed by atoms with Crippen LogP contribution in [0.3, 0.4) is 0 Å². The molecule has 166 valence electrons. The fourth-order valence-electron chi connectivity index (χ4n) is 4.83. The maximum Gasteiger partial charge on any atom is 0.409 e. The molecule has 1 unspecified atom stereocenters. The van der Waals surface area contributed by atoms with E-state index in [1.54, 1.807) is 0 Å². The summed E-state index contributed by atoms with van der Waals surface area (Å²) < 4.78 is 7.20. The second-order valence-electron chi connectivity index (χ2n) is 8.84. The lowest BCUT2D eigenvalue weighted by Crippen LogP contribution is -2.42. The number of likely N-dealkylation sites (tertiary alicyclic amines) is 2. The minimum absolute atomic E-state index is 0.0961. The predicted octanol–water partition coefficient (Wildman–Crippen LogP) is 2.35. The zero-order valence-corrected chi connectivity index (χ0v) is 18.1. The van der Waals surface area contributed by atoms with Gasteiger partial charge in [0.15, 0.2) is 0 Å². The van der Waals surface area contributed by atoms with Crippen molar-refractivity contribution in [3.05, 3.63) is 18.2 Å². The highest BCUT2D eigenvalue weighted by atomic mass is 16.6. The molecule has 1 N–H and O–H groups in total. The Kier molecular flexibility index (Phi) is 6.92. The van der Waals surface area contributed by atoms with Gasteiger partial charge in [-0.05, 0) is 65.0 Å². The molecule has 3 heterocycles. The average Bonchev–Trinajstić information content (AvgIpc) is 3.49. The van der Waals surface area contributed by atoms with Gasteiger partial charge in [-0.3, -0.25) is 4.79 Å². The molecular formula is C22H35N5O3. The average molecular weight is 418 g/mol. The van der Waals surface area contributed by atoms with E-state index in [4.69, 9.17) is 4.74 Å². The number of ether oxygens (including phenoxy) is 1. The number of amides is 2. The van der Waals surface area contributed by atoms with Crippen LogP contribution in [-0.2, 0) is 16.1 Å². The minimum atomic E-state index is -0.172. The van der Waals surface area contributed by atoms with Crippen molar-refractivity contribution in [1.82, 2.24) is 24.7 Å². The Bertz CT molecular complexity index is 724. The van der Waals surface area contributed by atoms with Gasteiger partial charge in [-0.15, -0.1) is 0 Å². The van der Waals surface area contributed by atoms with E-state index in [0.717, 1.165) is 76.9 Å². The van der Waals surface area contributed by atoms with Crippen LogP contribution in [0.2, 0.25) is 0 Å². The number of hydrogen-bond acceptors (Lipinski definition) is 5. The third-order valence-corrected chi connectivity index (χ3v) is 6.64. The molecule has 30 heavy (non-hydrogen) atoms. The molecule has 3 aliphatic rings. The van der Waals surface area contributed by atoms with Crippen molar-refractivity contribution in [2.24, 2.45) is 0 Å². The maximum atomic E-state index is 12.2. The fourth-order valence-corrected chi connectivity index (χ4v) is 4.83. The van der Waals surface area contributed by atoms with Gasteiger partial charge in [0.2, 0.25) is 5.91 Å². The number of piperidine rings is 1. The Morgan fingerprint density at radius 1 is 1.10 bits per heavy atom. The zero-order chi connectivity index (χ0) is 20.9. The summed E-state index contributed by atoms with van der Waals surface area (Å²) in [5, 5.41) is 3.06. The molecule has 4 rings (SSSR count). The number of nitrogens with zero attached hydrogens (tertiary/aromatic N) is 4. The van der Waals surface area contributed by atoms with Crippen LogP contribution in [0.25, 0.3) is 0 Å². The van der Waals surface area contributed by atoms with Gasteiger partial charge in [-0.2, -0.15) is 0 Å². The largest absolute Gasteiger partial charge is 0.450 e. The molecule has 0 radical (unpaired) electrons. The summed E-state index contributed by atoms with van der Waals surface area (Å²) >= 11 is 0. The Morgan fingerprint density at radius 2 is 1.90 bits per heavy atom. The molecule has 8 heteroatoms. The van der Waals surface area contributed by atoms with E-state index in [-0.39, 0.29) is 12.0 Å². The van der Waals surface area contributed by atoms with E-state index in [9.17, 15) is 9.59 Å². The quantitative estimate of drug-likeness (QED) is 0.769. The summed E-state index contributed by atoms with van der Waals surface area (Å²) in [6.45, 7) is 6.35. The Hall–Kier alpha value is -2.09. The van der Waals surface area contributed by atoms with Crippen molar-refractivity contribution in [2.75, 3.05) is 32.8 Å². The van der Waals surface area contributed by atoms with Crippen LogP contribution in [0.1, 0.15) is 63.6 Å². The summed E-state index contributed by atoms with van der Waals surface area (Å²) in [4.78, 5) is 33.3. The summed E-state index contributed by atoms with van der Waals surface area (Å²) in [5.41, 5.74) is 0. The smallest absolute Gasteiger partial charge is 0.409 e. The maximum absolute atomic E-state index is 12.2. The van der Waals surface area contributed by atoms with Crippen molar-refractivity contribution < 1.29 is 14.3 Å². The van der Waals surface area contributed by atoms with Gasteiger partial charge in [-0.1, -0.05) is 0 Å². The lowest BCUT2D eigenvalue weighted by molar-refractivity contribution is -0.121. The van der Waals surface area contributed by atoms with Gasteiger partial charge >= 0.3 is 6.09 Å². The Morgan fingerprint density at radius 3 is 2.63 bits per heavy atom. The van der Waals surface area contributed by atoms with Crippen LogP contribution < -0.4 is 5.32 Å². The number of hydrogen-bond donors (Lipinski definition) is 1. The molecule has 0 bridgehead atoms. The highest BCUT2D eigenvalue weighted by molar-refractivity contribution is 5.76. The van der Waals surface area contributed by atoms with Crippen molar-refractivity contribution in [2.45, 2.75) is 76.4 Å². The SMILES string of the molecule is CCOC(=O)N1CCCC(N2CCC(c3nccn3CC(=O)NC3CC3)CC2)CC1. The molecule has 8 nitrogen and oxygen atoms in total. The van der Waals surface area contributed by atoms with Crippen LogP contribution in [-0.4, -0.2) is 76.2 Å². The fraction of sp³-hybridized carbons (Fsp3) is 0.773. The van der Waals surface area contributed by atoms with Crippen LogP contribution >= 0.6 is 0 Å². The summed E-state index contributed by atoms with van der Waals surface area (Å²) in [6, 6.07) is 0.932. The molecule has 1 saturated carbocycles. The lowest BCUT2D eigenvalue weighted by Gasteiger charge is -2.37. The topological polar surface area (TPSA) is 79.7 Å². The Balaban J connectivity index is 1.26. The monoisotopic (exact) mass is 417 g/mol. The second-order valence-corrected chi connectivity index (χ2v) is 8.84. The third-order valence-electron chi connectivity index (χ3n) is 6.64. The van der Waals surface area contributed by atoms with Gasteiger partial charge in [0.1, 0.15) is 12.4 Å². The van der Waals surface area contributed by atoms with Gasteiger partial charge in [0, 0.05) is 43.5 Å². The molecule has 2 amide bonds. The first kappa shape index (κ1) is 21.2. The summed E-state index contributed by atoms with van der Waals surface area (Å²) in [5.74, 6) is 1.56. The van der Waals surface area contributed by atoms with Crippen molar-refractivity contribution in [3.63, 3.8) is 0 Å². The standard InChI is InChI=1S/C22H35N5O3/c1-2-30-22(29)26-11-3-4-19(9-14-26)25-12-7-17(8-13-25)21-23-10-15-27(21)16-20(28)24-18-5-6-18/h10,15,17-19H,2-9,11-14,16H2,1H3,(H,24,28). The van der Waals surface area contributed by atoms with Crippen LogP contribution in [0, 0.1) is 0 Å². The number of carbonyl (C=O) groups is 2. The molecule has 2 aliphatic heterocycles. The number of carbonyl (C=O) groups excluding carboxylic acids is 2. The van der Waals surface area contributed by atoms with E-state index in [1.165, 1.54) is 0 Å². The van der Waals surface area contributed by atoms with Gasteiger partial charge in [-0.25, -0.2) is 9.78 Å². The van der Waals surface area contributed by atoms with E-state index < -0.39 is 0 Å². The molecule has 1 atom stereocenters. The van der Waals surface area contributed by atoms with Gasteiger partial charge in [0.25, 0.3) is 0 Å². The van der Waals surface area contributed by atoms with Crippen LogP contribution in [0.15, 0.2) is 12.4 Å². The Labute approximate surface area is 178 Å². The molecule has 2 saturated heterocycles. The zero-order valence-electron chi connectivity index (χ0n) is 18.1. The van der Waals surface area contributed by atoms with Crippen molar-refractivity contribution >= 4 is 12.0 Å². The van der Waals surface area contributed by atoms with E-state index in [1.807, 2.05) is 28.8 Å². The highest BCUT2D eigenvalue weighted by Gasteiger charge is 2.30. The van der Waals surface area contributed by atoms with Crippen molar-refractivity contribution in [3.8, 4) is 0 Å². The van der Waals surface area contributed by atoms with Gasteiger partial charge < -0.3 is 24.4 Å². The number of nitrogens with one attached hydrogen (secondary N) is 1. The predicted molar refractivity (Wildman–Crippen MR) is 113 cm³/mol. The first-order chi connectivity index (χ1) is 14.6. The summed E-state index contributed by atoms with van der Waals surface area (Å²) in [7, 11) is 0. The molecule has 1 aliphatic carbocycles. The summed E-state index contributed by atoms with van der Waals surface area (Å²) in [6.07, 6.45) is 11.1. The van der Waals surface area contributed by atoms with Crippen molar-refractivity contribution in [1.29, 1.82) is 0 Å². The highest BCUT2D eigenvalue weighted by Crippen LogP contribution is 2.30. The lowest BCUT2D eigenvalue weighted by atomic mass is 9.93. The first-order valence-corrected chi connectivity index (χ1v) is 11.6. The molecule has 0 spiro atoms. The normalized spacial score (nSPS) is 23.8. The van der Waals surface area contributed by atoms with Crippen LogP contribution in [0.4, 0.5) is 4.79 Å².